The average Bonchev–Trinajstić information content (AvgIpc) is 2.42. The number of aromatic nitrogens is 1. The third kappa shape index (κ3) is 2.79. The second kappa shape index (κ2) is 3.87. The molecule has 1 aromatic heterocycles. The predicted octanol–water partition coefficient (Wildman–Crippen LogP) is 2.72. The minimum Gasteiger partial charge on any atom is -0.301 e. The quantitative estimate of drug-likeness (QED) is 0.729. The largest absolute Gasteiger partial charge is 0.301 e. The van der Waals surface area contributed by atoms with E-state index in [-0.39, 0.29) is 0 Å². The lowest BCUT2D eigenvalue weighted by molar-refractivity contribution is 0.314. The van der Waals surface area contributed by atoms with Gasteiger partial charge in [-0.3, -0.25) is 0 Å². The summed E-state index contributed by atoms with van der Waals surface area (Å²) in [4.78, 5) is 8.63. The van der Waals surface area contributed by atoms with Crippen LogP contribution in [0.3, 0.4) is 0 Å². The highest BCUT2D eigenvalue weighted by atomic mass is 32.1. The van der Waals surface area contributed by atoms with Crippen LogP contribution >= 0.6 is 11.3 Å². The van der Waals surface area contributed by atoms with Gasteiger partial charge in [0.15, 0.2) is 0 Å². The summed E-state index contributed by atoms with van der Waals surface area (Å²) in [6, 6.07) is 0. The standard InChI is InChI=1S/C12H20N2S/c1-12(2,3)7-11-13-9-5-6-14(4)8-10(9)15-11/h5-8H2,1-4H3. The van der Waals surface area contributed by atoms with E-state index in [4.69, 9.17) is 4.98 Å². The van der Waals surface area contributed by atoms with Crippen molar-refractivity contribution in [2.45, 2.75) is 40.2 Å². The van der Waals surface area contributed by atoms with E-state index in [9.17, 15) is 0 Å². The highest BCUT2D eigenvalue weighted by Gasteiger charge is 2.20. The Morgan fingerprint density at radius 1 is 1.40 bits per heavy atom. The van der Waals surface area contributed by atoms with Crippen molar-refractivity contribution >= 4 is 11.3 Å². The van der Waals surface area contributed by atoms with Crippen molar-refractivity contribution in [3.63, 3.8) is 0 Å². The molecule has 1 aliphatic heterocycles. The highest BCUT2D eigenvalue weighted by Crippen LogP contribution is 2.29. The first-order valence-electron chi connectivity index (χ1n) is 5.60. The first-order chi connectivity index (χ1) is 6.94. The van der Waals surface area contributed by atoms with E-state index >= 15 is 0 Å². The SMILES string of the molecule is CN1CCc2nc(CC(C)(C)C)sc2C1. The van der Waals surface area contributed by atoms with Crippen LogP contribution in [0.25, 0.3) is 0 Å². The number of hydrogen-bond donors (Lipinski definition) is 0. The van der Waals surface area contributed by atoms with Gasteiger partial charge in [-0.05, 0) is 12.5 Å². The van der Waals surface area contributed by atoms with Gasteiger partial charge in [0.05, 0.1) is 10.7 Å². The maximum absolute atomic E-state index is 4.76. The zero-order valence-electron chi connectivity index (χ0n) is 10.1. The Balaban J connectivity index is 2.16. The Morgan fingerprint density at radius 3 is 2.80 bits per heavy atom. The van der Waals surface area contributed by atoms with Gasteiger partial charge in [0.25, 0.3) is 0 Å². The van der Waals surface area contributed by atoms with E-state index in [1.54, 1.807) is 0 Å². The second-order valence-corrected chi connectivity index (χ2v) is 6.87. The lowest BCUT2D eigenvalue weighted by Crippen LogP contribution is -2.25. The van der Waals surface area contributed by atoms with Crippen molar-refractivity contribution in [1.82, 2.24) is 9.88 Å². The van der Waals surface area contributed by atoms with Crippen LogP contribution in [-0.2, 0) is 19.4 Å². The molecule has 0 bridgehead atoms. The van der Waals surface area contributed by atoms with Crippen molar-refractivity contribution < 1.29 is 0 Å². The molecular weight excluding hydrogens is 204 g/mol. The fourth-order valence-electron chi connectivity index (χ4n) is 1.91. The molecule has 2 rings (SSSR count). The molecule has 3 heteroatoms. The van der Waals surface area contributed by atoms with E-state index in [1.807, 2.05) is 11.3 Å². The van der Waals surface area contributed by atoms with E-state index in [2.05, 4.69) is 32.7 Å². The molecule has 0 unspecified atom stereocenters. The Labute approximate surface area is 96.3 Å². The molecule has 0 saturated carbocycles. The monoisotopic (exact) mass is 224 g/mol. The zero-order valence-corrected chi connectivity index (χ0v) is 10.9. The molecule has 0 amide bonds. The fraction of sp³-hybridized carbons (Fsp3) is 0.750. The van der Waals surface area contributed by atoms with Gasteiger partial charge < -0.3 is 4.90 Å². The summed E-state index contributed by atoms with van der Waals surface area (Å²) in [7, 11) is 2.19. The Kier molecular flexibility index (Phi) is 2.86. The van der Waals surface area contributed by atoms with E-state index in [0.29, 0.717) is 5.41 Å². The number of thiazole rings is 1. The van der Waals surface area contributed by atoms with E-state index in [1.165, 1.54) is 15.6 Å². The van der Waals surface area contributed by atoms with Gasteiger partial charge >= 0.3 is 0 Å². The fourth-order valence-corrected chi connectivity index (χ4v) is 3.40. The van der Waals surface area contributed by atoms with Crippen LogP contribution in [0, 0.1) is 5.41 Å². The van der Waals surface area contributed by atoms with Crippen LogP contribution in [0.2, 0.25) is 0 Å². The topological polar surface area (TPSA) is 16.1 Å². The smallest absolute Gasteiger partial charge is 0.0936 e. The number of likely N-dealkylation sites (N-methyl/N-ethyl adjacent to an activating group) is 1. The van der Waals surface area contributed by atoms with Crippen LogP contribution < -0.4 is 0 Å². The van der Waals surface area contributed by atoms with Gasteiger partial charge in [-0.2, -0.15) is 0 Å². The molecule has 1 aromatic rings. The normalized spacial score (nSPS) is 17.9. The zero-order chi connectivity index (χ0) is 11.1. The molecule has 0 fully saturated rings. The van der Waals surface area contributed by atoms with Crippen LogP contribution in [0.5, 0.6) is 0 Å². The molecule has 2 heterocycles. The van der Waals surface area contributed by atoms with Gasteiger partial charge in [0.1, 0.15) is 0 Å². The Morgan fingerprint density at radius 2 is 2.13 bits per heavy atom. The third-order valence-electron chi connectivity index (χ3n) is 2.65. The Hall–Kier alpha value is -0.410. The summed E-state index contributed by atoms with van der Waals surface area (Å²) in [5.41, 5.74) is 1.71. The molecule has 1 aliphatic rings. The maximum Gasteiger partial charge on any atom is 0.0936 e. The molecule has 84 valence electrons. The third-order valence-corrected chi connectivity index (χ3v) is 3.73. The van der Waals surface area contributed by atoms with Gasteiger partial charge in [-0.15, -0.1) is 11.3 Å². The molecule has 0 saturated heterocycles. The number of hydrogen-bond acceptors (Lipinski definition) is 3. The summed E-state index contributed by atoms with van der Waals surface area (Å²) in [5, 5.41) is 1.32. The molecule has 15 heavy (non-hydrogen) atoms. The molecule has 0 aliphatic carbocycles. The van der Waals surface area contributed by atoms with Crippen LogP contribution in [0.15, 0.2) is 0 Å². The lowest BCUT2D eigenvalue weighted by Gasteiger charge is -2.20. The summed E-state index contributed by atoms with van der Waals surface area (Å²) >= 11 is 1.91. The summed E-state index contributed by atoms with van der Waals surface area (Å²) in [6.45, 7) is 9.08. The first-order valence-corrected chi connectivity index (χ1v) is 6.42. The number of rotatable bonds is 1. The maximum atomic E-state index is 4.76. The van der Waals surface area contributed by atoms with Gasteiger partial charge in [0, 0.05) is 30.8 Å². The predicted molar refractivity (Wildman–Crippen MR) is 65.3 cm³/mol. The van der Waals surface area contributed by atoms with E-state index in [0.717, 1.165) is 25.9 Å². The number of fused-ring (bicyclic) bond motifs is 1. The van der Waals surface area contributed by atoms with Gasteiger partial charge in [-0.1, -0.05) is 20.8 Å². The van der Waals surface area contributed by atoms with Crippen LogP contribution in [0.1, 0.15) is 36.3 Å². The molecule has 0 aromatic carbocycles. The Bertz CT molecular complexity index is 349. The first kappa shape index (κ1) is 11.1. The highest BCUT2D eigenvalue weighted by molar-refractivity contribution is 7.11. The molecule has 2 nitrogen and oxygen atoms in total. The van der Waals surface area contributed by atoms with Crippen molar-refractivity contribution in [3.8, 4) is 0 Å². The molecule has 0 spiro atoms. The van der Waals surface area contributed by atoms with Crippen molar-refractivity contribution in [3.05, 3.63) is 15.6 Å². The van der Waals surface area contributed by atoms with Crippen molar-refractivity contribution in [2.75, 3.05) is 13.6 Å². The molecule has 0 radical (unpaired) electrons. The van der Waals surface area contributed by atoms with Crippen molar-refractivity contribution in [1.29, 1.82) is 0 Å². The average molecular weight is 224 g/mol. The summed E-state index contributed by atoms with van der Waals surface area (Å²) in [5.74, 6) is 0. The second-order valence-electron chi connectivity index (χ2n) is 5.70. The summed E-state index contributed by atoms with van der Waals surface area (Å²) in [6.07, 6.45) is 2.24. The van der Waals surface area contributed by atoms with E-state index < -0.39 is 0 Å². The van der Waals surface area contributed by atoms with Crippen LogP contribution in [-0.4, -0.2) is 23.5 Å². The minimum absolute atomic E-state index is 0.354. The van der Waals surface area contributed by atoms with Gasteiger partial charge in [0.2, 0.25) is 0 Å². The molecular formula is C12H20N2S. The van der Waals surface area contributed by atoms with Crippen LogP contribution in [0.4, 0.5) is 0 Å². The summed E-state index contributed by atoms with van der Waals surface area (Å²) < 4.78 is 0. The van der Waals surface area contributed by atoms with Crippen molar-refractivity contribution in [2.24, 2.45) is 5.41 Å². The molecule has 0 N–H and O–H groups in total. The van der Waals surface area contributed by atoms with Gasteiger partial charge in [-0.25, -0.2) is 4.98 Å². The number of nitrogens with zero attached hydrogens (tertiary/aromatic N) is 2. The minimum atomic E-state index is 0.354. The molecule has 0 atom stereocenters. The lowest BCUT2D eigenvalue weighted by atomic mass is 9.93.